The Bertz CT molecular complexity index is 1260. The van der Waals surface area contributed by atoms with Crippen LogP contribution in [0.2, 0.25) is 0 Å². The maximum Gasteiger partial charge on any atom is 0.264 e. The van der Waals surface area contributed by atoms with Crippen LogP contribution in [-0.2, 0) is 16.4 Å². The molecule has 3 aromatic rings. The molecule has 0 spiro atoms. The maximum absolute atomic E-state index is 13.4. The summed E-state index contributed by atoms with van der Waals surface area (Å²) >= 11 is 1.75. The summed E-state index contributed by atoms with van der Waals surface area (Å²) in [5.74, 6) is 0.776. The third kappa shape index (κ3) is 3.62. The van der Waals surface area contributed by atoms with E-state index < -0.39 is 10.0 Å². The van der Waals surface area contributed by atoms with Crippen molar-refractivity contribution in [2.75, 3.05) is 28.0 Å². The van der Waals surface area contributed by atoms with Gasteiger partial charge in [-0.05, 0) is 60.6 Å². The molecular formula is C24H22N2O3S2. The van der Waals surface area contributed by atoms with Crippen LogP contribution in [0.3, 0.4) is 0 Å². The zero-order valence-electron chi connectivity index (χ0n) is 16.9. The van der Waals surface area contributed by atoms with Gasteiger partial charge in [0, 0.05) is 23.5 Å². The van der Waals surface area contributed by atoms with Gasteiger partial charge in [0.1, 0.15) is 0 Å². The zero-order chi connectivity index (χ0) is 21.4. The van der Waals surface area contributed by atoms with Crippen LogP contribution in [0.5, 0.6) is 0 Å². The van der Waals surface area contributed by atoms with Crippen LogP contribution in [0, 0.1) is 0 Å². The Hall–Kier alpha value is -2.77. The van der Waals surface area contributed by atoms with E-state index in [1.54, 1.807) is 34.9 Å². The van der Waals surface area contributed by atoms with Crippen LogP contribution in [0.1, 0.15) is 22.3 Å². The van der Waals surface area contributed by atoms with Crippen molar-refractivity contribution in [3.05, 3.63) is 83.9 Å². The molecule has 7 heteroatoms. The fraction of sp³-hybridized carbons (Fsp3) is 0.208. The number of rotatable bonds is 3. The largest absolute Gasteiger partial charge is 0.307 e. The third-order valence-corrected chi connectivity index (χ3v) is 8.66. The SMILES string of the molecule is O=C(c1cccc(S(=O)(=O)N2CCc3ccccc32)c1)N1CCCSc2ccccc21. The molecule has 0 fully saturated rings. The van der Waals surface area contributed by atoms with Gasteiger partial charge in [-0.2, -0.15) is 0 Å². The van der Waals surface area contributed by atoms with E-state index in [1.807, 2.05) is 48.5 Å². The first-order valence-corrected chi connectivity index (χ1v) is 12.7. The van der Waals surface area contributed by atoms with Crippen molar-refractivity contribution >= 4 is 39.1 Å². The van der Waals surface area contributed by atoms with Gasteiger partial charge in [0.25, 0.3) is 15.9 Å². The smallest absolute Gasteiger partial charge is 0.264 e. The van der Waals surface area contributed by atoms with Crippen LogP contribution >= 0.6 is 11.8 Å². The van der Waals surface area contributed by atoms with Crippen LogP contribution in [0.15, 0.2) is 82.6 Å². The number of amides is 1. The number of thioether (sulfide) groups is 1. The van der Waals surface area contributed by atoms with Crippen molar-refractivity contribution < 1.29 is 13.2 Å². The Morgan fingerprint density at radius 1 is 0.871 bits per heavy atom. The molecule has 2 heterocycles. The first kappa shape index (κ1) is 20.2. The molecule has 0 radical (unpaired) electrons. The van der Waals surface area contributed by atoms with Crippen molar-refractivity contribution in [1.82, 2.24) is 0 Å². The van der Waals surface area contributed by atoms with Gasteiger partial charge in [0.2, 0.25) is 0 Å². The number of para-hydroxylation sites is 2. The highest BCUT2D eigenvalue weighted by molar-refractivity contribution is 7.99. The minimum Gasteiger partial charge on any atom is -0.307 e. The van der Waals surface area contributed by atoms with E-state index in [0.29, 0.717) is 25.1 Å². The average Bonchev–Trinajstić information content (AvgIpc) is 3.13. The number of nitrogens with zero attached hydrogens (tertiary/aromatic N) is 2. The van der Waals surface area contributed by atoms with Crippen LogP contribution in [0.4, 0.5) is 11.4 Å². The maximum atomic E-state index is 13.4. The zero-order valence-corrected chi connectivity index (χ0v) is 18.5. The number of hydrogen-bond donors (Lipinski definition) is 0. The van der Waals surface area contributed by atoms with E-state index in [9.17, 15) is 13.2 Å². The Morgan fingerprint density at radius 3 is 2.52 bits per heavy atom. The van der Waals surface area contributed by atoms with E-state index in [2.05, 4.69) is 0 Å². The molecule has 5 nitrogen and oxygen atoms in total. The second kappa shape index (κ2) is 8.05. The van der Waals surface area contributed by atoms with Gasteiger partial charge in [-0.25, -0.2) is 8.42 Å². The summed E-state index contributed by atoms with van der Waals surface area (Å²) in [5.41, 5.74) is 3.02. The lowest BCUT2D eigenvalue weighted by atomic mass is 10.1. The Labute approximate surface area is 186 Å². The Kier molecular flexibility index (Phi) is 5.24. The lowest BCUT2D eigenvalue weighted by molar-refractivity contribution is 0.0986. The quantitative estimate of drug-likeness (QED) is 0.586. The molecule has 1 amide bonds. The summed E-state index contributed by atoms with van der Waals surface area (Å²) in [6.07, 6.45) is 1.57. The van der Waals surface area contributed by atoms with Crippen molar-refractivity contribution in [3.8, 4) is 0 Å². The van der Waals surface area contributed by atoms with Crippen molar-refractivity contribution in [2.45, 2.75) is 22.6 Å². The molecule has 3 aromatic carbocycles. The van der Waals surface area contributed by atoms with Crippen LogP contribution in [-0.4, -0.2) is 33.2 Å². The molecule has 0 atom stereocenters. The second-order valence-corrected chi connectivity index (χ2v) is 10.6. The third-order valence-electron chi connectivity index (χ3n) is 5.70. The normalized spacial score (nSPS) is 15.9. The molecule has 2 aliphatic rings. The van der Waals surface area contributed by atoms with Gasteiger partial charge in [-0.3, -0.25) is 9.10 Å². The molecule has 0 aromatic heterocycles. The first-order chi connectivity index (χ1) is 15.1. The van der Waals surface area contributed by atoms with Crippen LogP contribution in [0.25, 0.3) is 0 Å². The minimum absolute atomic E-state index is 0.146. The van der Waals surface area contributed by atoms with E-state index in [4.69, 9.17) is 0 Å². The summed E-state index contributed by atoms with van der Waals surface area (Å²) in [5, 5.41) is 0. The van der Waals surface area contributed by atoms with Crippen molar-refractivity contribution in [2.24, 2.45) is 0 Å². The van der Waals surface area contributed by atoms with Crippen molar-refractivity contribution in [1.29, 1.82) is 0 Å². The number of sulfonamides is 1. The lowest BCUT2D eigenvalue weighted by Crippen LogP contribution is -2.32. The van der Waals surface area contributed by atoms with Crippen molar-refractivity contribution in [3.63, 3.8) is 0 Å². The highest BCUT2D eigenvalue weighted by atomic mass is 32.2. The molecule has 0 aliphatic carbocycles. The molecule has 31 heavy (non-hydrogen) atoms. The van der Waals surface area contributed by atoms with E-state index in [-0.39, 0.29) is 10.8 Å². The summed E-state index contributed by atoms with van der Waals surface area (Å²) < 4.78 is 28.2. The highest BCUT2D eigenvalue weighted by Crippen LogP contribution is 2.35. The van der Waals surface area contributed by atoms with Crippen LogP contribution < -0.4 is 9.21 Å². The Morgan fingerprint density at radius 2 is 1.65 bits per heavy atom. The molecular weight excluding hydrogens is 428 g/mol. The number of benzene rings is 3. The van der Waals surface area contributed by atoms with Gasteiger partial charge in [0.15, 0.2) is 0 Å². The second-order valence-electron chi connectivity index (χ2n) is 7.61. The molecule has 0 saturated heterocycles. The van der Waals surface area contributed by atoms with Gasteiger partial charge >= 0.3 is 0 Å². The van der Waals surface area contributed by atoms with E-state index >= 15 is 0 Å². The first-order valence-electron chi connectivity index (χ1n) is 10.3. The Balaban J connectivity index is 1.49. The monoisotopic (exact) mass is 450 g/mol. The molecule has 0 saturated carbocycles. The number of carbonyl (C=O) groups excluding carboxylic acids is 1. The molecule has 0 unspecified atom stereocenters. The molecule has 2 aliphatic heterocycles. The fourth-order valence-corrected chi connectivity index (χ4v) is 6.71. The number of carbonyl (C=O) groups is 1. The number of hydrogen-bond acceptors (Lipinski definition) is 4. The predicted molar refractivity (Wildman–Crippen MR) is 125 cm³/mol. The molecule has 5 rings (SSSR count). The number of fused-ring (bicyclic) bond motifs is 2. The minimum atomic E-state index is -3.75. The van der Waals surface area contributed by atoms with E-state index in [1.165, 1.54) is 10.4 Å². The summed E-state index contributed by atoms with van der Waals surface area (Å²) in [6.45, 7) is 1.02. The van der Waals surface area contributed by atoms with Gasteiger partial charge in [-0.1, -0.05) is 36.4 Å². The summed E-state index contributed by atoms with van der Waals surface area (Å²) in [6, 6.07) is 21.9. The predicted octanol–water partition coefficient (Wildman–Crippen LogP) is 4.58. The van der Waals surface area contributed by atoms with Gasteiger partial charge < -0.3 is 4.90 Å². The standard InChI is InChI=1S/C24H22N2O3S2/c27-24(25-14-6-16-30-23-12-4-3-11-22(23)25)19-8-5-9-20(17-19)31(28,29)26-15-13-18-7-1-2-10-21(18)26/h1-5,7-12,17H,6,13-16H2. The summed E-state index contributed by atoms with van der Waals surface area (Å²) in [4.78, 5) is 16.4. The topological polar surface area (TPSA) is 57.7 Å². The highest BCUT2D eigenvalue weighted by Gasteiger charge is 2.31. The number of anilines is 2. The molecule has 158 valence electrons. The molecule has 0 N–H and O–H groups in total. The summed E-state index contributed by atoms with van der Waals surface area (Å²) in [7, 11) is -3.75. The average molecular weight is 451 g/mol. The lowest BCUT2D eigenvalue weighted by Gasteiger charge is -2.23. The van der Waals surface area contributed by atoms with Gasteiger partial charge in [0.05, 0.1) is 16.3 Å². The molecule has 0 bridgehead atoms. The van der Waals surface area contributed by atoms with Gasteiger partial charge in [-0.15, -0.1) is 11.8 Å². The fourth-order valence-electron chi connectivity index (χ4n) is 4.17. The van der Waals surface area contributed by atoms with E-state index in [0.717, 1.165) is 34.0 Å².